The molecule has 0 aliphatic rings. The van der Waals surface area contributed by atoms with Gasteiger partial charge in [-0.2, -0.15) is 4.98 Å². The molecule has 0 spiro atoms. The van der Waals surface area contributed by atoms with E-state index >= 15 is 0 Å². The van der Waals surface area contributed by atoms with Gasteiger partial charge in [0.2, 0.25) is 5.88 Å². The minimum absolute atomic E-state index is 0.315. The smallest absolute Gasteiger partial charge is 0.248 e. The summed E-state index contributed by atoms with van der Waals surface area (Å²) in [5.74, 6) is 2.26. The highest BCUT2D eigenvalue weighted by Gasteiger charge is 2.11. The standard InChI is InChI=1S/C19H20N4O2/c1-3-13-4-8-16(9-5-13)25-19-17(20)18(21-12-22-19)23-14-6-10-15(24-2)11-7-14/h4-12H,3,20H2,1-2H3,(H,21,22,23). The lowest BCUT2D eigenvalue weighted by atomic mass is 10.2. The van der Waals surface area contributed by atoms with Crippen molar-refractivity contribution in [3.05, 3.63) is 60.4 Å². The van der Waals surface area contributed by atoms with E-state index in [1.165, 1.54) is 11.9 Å². The minimum Gasteiger partial charge on any atom is -0.497 e. The van der Waals surface area contributed by atoms with Crippen molar-refractivity contribution in [3.8, 4) is 17.4 Å². The number of nitrogens with two attached hydrogens (primary N) is 1. The highest BCUT2D eigenvalue weighted by molar-refractivity contribution is 5.72. The van der Waals surface area contributed by atoms with Gasteiger partial charge >= 0.3 is 0 Å². The van der Waals surface area contributed by atoms with Crippen molar-refractivity contribution >= 4 is 17.2 Å². The van der Waals surface area contributed by atoms with Gasteiger partial charge in [0.25, 0.3) is 0 Å². The first-order valence-electron chi connectivity index (χ1n) is 7.98. The summed E-state index contributed by atoms with van der Waals surface area (Å²) in [6.45, 7) is 2.11. The van der Waals surface area contributed by atoms with Gasteiger partial charge < -0.3 is 20.5 Å². The first kappa shape index (κ1) is 16.6. The number of nitrogens with one attached hydrogen (secondary N) is 1. The van der Waals surface area contributed by atoms with E-state index in [9.17, 15) is 0 Å². The van der Waals surface area contributed by atoms with Crippen molar-refractivity contribution in [1.82, 2.24) is 9.97 Å². The summed E-state index contributed by atoms with van der Waals surface area (Å²) in [6, 6.07) is 15.3. The van der Waals surface area contributed by atoms with Crippen LogP contribution in [0.3, 0.4) is 0 Å². The molecule has 3 aromatic rings. The molecule has 2 aromatic carbocycles. The number of aromatic nitrogens is 2. The number of benzene rings is 2. The molecule has 0 saturated heterocycles. The molecule has 0 fully saturated rings. The van der Waals surface area contributed by atoms with Crippen LogP contribution in [0.15, 0.2) is 54.9 Å². The van der Waals surface area contributed by atoms with E-state index < -0.39 is 0 Å². The van der Waals surface area contributed by atoms with E-state index in [4.69, 9.17) is 15.2 Å². The van der Waals surface area contributed by atoms with Crippen LogP contribution in [0.25, 0.3) is 0 Å². The van der Waals surface area contributed by atoms with Crippen LogP contribution in [-0.4, -0.2) is 17.1 Å². The van der Waals surface area contributed by atoms with Crippen LogP contribution in [0, 0.1) is 0 Å². The predicted octanol–water partition coefficient (Wildman–Crippen LogP) is 4.17. The highest BCUT2D eigenvalue weighted by Crippen LogP contribution is 2.31. The zero-order valence-corrected chi connectivity index (χ0v) is 14.2. The monoisotopic (exact) mass is 336 g/mol. The van der Waals surface area contributed by atoms with E-state index in [1.54, 1.807) is 7.11 Å². The van der Waals surface area contributed by atoms with E-state index in [0.29, 0.717) is 23.1 Å². The fourth-order valence-electron chi connectivity index (χ4n) is 2.28. The fourth-order valence-corrected chi connectivity index (χ4v) is 2.28. The van der Waals surface area contributed by atoms with Crippen LogP contribution in [0.5, 0.6) is 17.4 Å². The van der Waals surface area contributed by atoms with Crippen LogP contribution in [0.2, 0.25) is 0 Å². The van der Waals surface area contributed by atoms with Gasteiger partial charge in [0.15, 0.2) is 5.82 Å². The maximum atomic E-state index is 6.15. The van der Waals surface area contributed by atoms with Gasteiger partial charge in [-0.15, -0.1) is 0 Å². The van der Waals surface area contributed by atoms with Crippen LogP contribution < -0.4 is 20.5 Å². The Kier molecular flexibility index (Phi) is 4.99. The highest BCUT2D eigenvalue weighted by atomic mass is 16.5. The zero-order chi connectivity index (χ0) is 17.6. The van der Waals surface area contributed by atoms with Crippen molar-refractivity contribution in [2.24, 2.45) is 0 Å². The Bertz CT molecular complexity index is 765. The first-order chi connectivity index (χ1) is 12.2. The number of methoxy groups -OCH3 is 1. The molecule has 0 aliphatic heterocycles. The Balaban J connectivity index is 1.78. The average molecular weight is 336 g/mol. The molecular formula is C19H20N4O2. The van der Waals surface area contributed by atoms with Gasteiger partial charge in [0.05, 0.1) is 7.11 Å². The second kappa shape index (κ2) is 7.53. The first-order valence-corrected chi connectivity index (χ1v) is 7.98. The maximum absolute atomic E-state index is 6.15. The quantitative estimate of drug-likeness (QED) is 0.703. The molecule has 3 N–H and O–H groups in total. The summed E-state index contributed by atoms with van der Waals surface area (Å²) in [6.07, 6.45) is 2.39. The number of anilines is 3. The largest absolute Gasteiger partial charge is 0.497 e. The molecule has 0 atom stereocenters. The number of hydrogen-bond donors (Lipinski definition) is 2. The Morgan fingerprint density at radius 2 is 1.64 bits per heavy atom. The third kappa shape index (κ3) is 3.98. The molecule has 0 radical (unpaired) electrons. The van der Waals surface area contributed by atoms with Gasteiger partial charge in [0, 0.05) is 5.69 Å². The molecule has 0 bridgehead atoms. The molecule has 3 rings (SSSR count). The third-order valence-electron chi connectivity index (χ3n) is 3.75. The Labute approximate surface area is 146 Å². The molecule has 0 unspecified atom stereocenters. The number of nitrogens with zero attached hydrogens (tertiary/aromatic N) is 2. The molecule has 25 heavy (non-hydrogen) atoms. The summed E-state index contributed by atoms with van der Waals surface area (Å²) < 4.78 is 10.9. The van der Waals surface area contributed by atoms with Crippen LogP contribution in [0.1, 0.15) is 12.5 Å². The van der Waals surface area contributed by atoms with Crippen LogP contribution >= 0.6 is 0 Å². The van der Waals surface area contributed by atoms with Crippen molar-refractivity contribution in [2.75, 3.05) is 18.2 Å². The van der Waals surface area contributed by atoms with Crippen LogP contribution in [0.4, 0.5) is 17.2 Å². The summed E-state index contributed by atoms with van der Waals surface area (Å²) in [4.78, 5) is 8.31. The number of rotatable bonds is 6. The summed E-state index contributed by atoms with van der Waals surface area (Å²) >= 11 is 0. The molecule has 1 aromatic heterocycles. The summed E-state index contributed by atoms with van der Waals surface area (Å²) in [5, 5.41) is 3.16. The van der Waals surface area contributed by atoms with Crippen molar-refractivity contribution in [2.45, 2.75) is 13.3 Å². The summed E-state index contributed by atoms with van der Waals surface area (Å²) in [7, 11) is 1.63. The minimum atomic E-state index is 0.315. The Morgan fingerprint density at radius 1 is 0.960 bits per heavy atom. The van der Waals surface area contributed by atoms with Gasteiger partial charge in [-0.25, -0.2) is 4.98 Å². The second-order valence-electron chi connectivity index (χ2n) is 5.39. The lowest BCUT2D eigenvalue weighted by Crippen LogP contribution is -2.03. The summed E-state index contributed by atoms with van der Waals surface area (Å²) in [5.41, 5.74) is 8.58. The van der Waals surface area contributed by atoms with Crippen LogP contribution in [-0.2, 0) is 6.42 Å². The van der Waals surface area contributed by atoms with Gasteiger partial charge in [0.1, 0.15) is 23.5 Å². The van der Waals surface area contributed by atoms with E-state index in [-0.39, 0.29) is 0 Å². The lowest BCUT2D eigenvalue weighted by molar-refractivity contribution is 0.415. The maximum Gasteiger partial charge on any atom is 0.248 e. The number of hydrogen-bond acceptors (Lipinski definition) is 6. The van der Waals surface area contributed by atoms with Gasteiger partial charge in [-0.05, 0) is 48.4 Å². The molecule has 128 valence electrons. The number of aryl methyl sites for hydroxylation is 1. The van der Waals surface area contributed by atoms with Gasteiger partial charge in [-0.3, -0.25) is 0 Å². The molecule has 0 amide bonds. The normalized spacial score (nSPS) is 10.3. The van der Waals surface area contributed by atoms with E-state index in [0.717, 1.165) is 17.9 Å². The Hall–Kier alpha value is -3.28. The number of ether oxygens (including phenoxy) is 2. The lowest BCUT2D eigenvalue weighted by Gasteiger charge is -2.12. The molecule has 1 heterocycles. The second-order valence-corrected chi connectivity index (χ2v) is 5.39. The van der Waals surface area contributed by atoms with E-state index in [2.05, 4.69) is 22.2 Å². The molecule has 6 heteroatoms. The third-order valence-corrected chi connectivity index (χ3v) is 3.75. The molecular weight excluding hydrogens is 316 g/mol. The Morgan fingerprint density at radius 3 is 2.28 bits per heavy atom. The molecule has 0 aliphatic carbocycles. The van der Waals surface area contributed by atoms with Crippen molar-refractivity contribution in [3.63, 3.8) is 0 Å². The molecule has 6 nitrogen and oxygen atoms in total. The fraction of sp³-hybridized carbons (Fsp3) is 0.158. The predicted molar refractivity (Wildman–Crippen MR) is 98.6 cm³/mol. The zero-order valence-electron chi connectivity index (χ0n) is 14.2. The number of nitrogen functional groups attached to an aromatic ring is 1. The van der Waals surface area contributed by atoms with E-state index in [1.807, 2.05) is 48.5 Å². The van der Waals surface area contributed by atoms with Gasteiger partial charge in [-0.1, -0.05) is 19.1 Å². The van der Waals surface area contributed by atoms with Crippen molar-refractivity contribution < 1.29 is 9.47 Å². The molecule has 0 saturated carbocycles. The topological polar surface area (TPSA) is 82.3 Å². The average Bonchev–Trinajstić information content (AvgIpc) is 2.66. The van der Waals surface area contributed by atoms with Crippen molar-refractivity contribution in [1.29, 1.82) is 0 Å². The SMILES string of the molecule is CCc1ccc(Oc2ncnc(Nc3ccc(OC)cc3)c2N)cc1.